The molecule has 6 nitrogen and oxygen atoms in total. The molecule has 0 saturated carbocycles. The molecule has 1 aromatic carbocycles. The number of nitrogens with zero attached hydrogens (tertiary/aromatic N) is 4. The van der Waals surface area contributed by atoms with Crippen LogP contribution in [0.2, 0.25) is 0 Å². The smallest absolute Gasteiger partial charge is 0.230 e. The summed E-state index contributed by atoms with van der Waals surface area (Å²) in [4.78, 5) is 8.52. The third-order valence-corrected chi connectivity index (χ3v) is 6.24. The second-order valence-electron chi connectivity index (χ2n) is 7.04. The lowest BCUT2D eigenvalue weighted by molar-refractivity contribution is 0.157. The average molecular weight is 372 g/mol. The van der Waals surface area contributed by atoms with E-state index in [9.17, 15) is 5.11 Å². The molecule has 26 heavy (non-hydrogen) atoms. The summed E-state index contributed by atoms with van der Waals surface area (Å²) in [5.74, 6) is 2.46. The lowest BCUT2D eigenvalue weighted by Crippen LogP contribution is -2.36. The first kappa shape index (κ1) is 17.3. The van der Waals surface area contributed by atoms with Crippen molar-refractivity contribution >= 4 is 16.3 Å². The SMILES string of the molecule is COc1ccc([C@@H](c2sc3nc(C)nn3c2O)N2CCC(C)CC2)cc1. The minimum Gasteiger partial charge on any atom is -0.497 e. The number of piperidine rings is 1. The lowest BCUT2D eigenvalue weighted by Gasteiger charge is -2.36. The predicted molar refractivity (Wildman–Crippen MR) is 102 cm³/mol. The van der Waals surface area contributed by atoms with Crippen molar-refractivity contribution < 1.29 is 9.84 Å². The molecule has 3 aromatic rings. The summed E-state index contributed by atoms with van der Waals surface area (Å²) in [6, 6.07) is 8.13. The highest BCUT2D eigenvalue weighted by molar-refractivity contribution is 7.17. The topological polar surface area (TPSA) is 62.9 Å². The first-order chi connectivity index (χ1) is 12.6. The van der Waals surface area contributed by atoms with Gasteiger partial charge in [-0.1, -0.05) is 30.4 Å². The van der Waals surface area contributed by atoms with Gasteiger partial charge in [-0.2, -0.15) is 4.52 Å². The summed E-state index contributed by atoms with van der Waals surface area (Å²) in [5.41, 5.74) is 1.15. The minimum absolute atomic E-state index is 0.00205. The minimum atomic E-state index is 0.00205. The van der Waals surface area contributed by atoms with Crippen LogP contribution in [0.1, 0.15) is 42.1 Å². The van der Waals surface area contributed by atoms with E-state index in [1.807, 2.05) is 19.1 Å². The highest BCUT2D eigenvalue weighted by Crippen LogP contribution is 2.41. The van der Waals surface area contributed by atoms with Gasteiger partial charge in [0, 0.05) is 0 Å². The zero-order valence-electron chi connectivity index (χ0n) is 15.3. The molecule has 1 fully saturated rings. The van der Waals surface area contributed by atoms with Gasteiger partial charge in [0.05, 0.1) is 18.0 Å². The summed E-state index contributed by atoms with van der Waals surface area (Å²) in [6.45, 7) is 6.18. The summed E-state index contributed by atoms with van der Waals surface area (Å²) >= 11 is 1.52. The third-order valence-electron chi connectivity index (χ3n) is 5.17. The zero-order chi connectivity index (χ0) is 18.3. The van der Waals surface area contributed by atoms with Gasteiger partial charge in [-0.3, -0.25) is 4.90 Å². The Kier molecular flexibility index (Phi) is 4.58. The Hall–Kier alpha value is -2.12. The molecule has 2 aromatic heterocycles. The quantitative estimate of drug-likeness (QED) is 0.758. The van der Waals surface area contributed by atoms with E-state index >= 15 is 0 Å². The van der Waals surface area contributed by atoms with E-state index in [1.54, 1.807) is 11.6 Å². The van der Waals surface area contributed by atoms with Gasteiger partial charge in [-0.15, -0.1) is 5.10 Å². The van der Waals surface area contributed by atoms with E-state index < -0.39 is 0 Å². The number of aryl methyl sites for hydroxylation is 1. The molecule has 7 heteroatoms. The molecular formula is C19H24N4O2S. The maximum Gasteiger partial charge on any atom is 0.230 e. The van der Waals surface area contributed by atoms with Crippen LogP contribution in [-0.2, 0) is 0 Å². The molecule has 1 aliphatic heterocycles. The van der Waals surface area contributed by atoms with Gasteiger partial charge >= 0.3 is 0 Å². The van der Waals surface area contributed by atoms with Crippen LogP contribution in [0.15, 0.2) is 24.3 Å². The Labute approximate surface area is 157 Å². The van der Waals surface area contributed by atoms with E-state index in [0.29, 0.717) is 5.82 Å². The molecule has 1 atom stereocenters. The highest BCUT2D eigenvalue weighted by atomic mass is 32.1. The monoisotopic (exact) mass is 372 g/mol. The van der Waals surface area contributed by atoms with E-state index in [1.165, 1.54) is 24.2 Å². The number of thiazole rings is 1. The number of ether oxygens (including phenoxy) is 1. The van der Waals surface area contributed by atoms with E-state index in [0.717, 1.165) is 40.2 Å². The number of fused-ring (bicyclic) bond motifs is 1. The van der Waals surface area contributed by atoms with Crippen LogP contribution in [0.3, 0.4) is 0 Å². The number of hydrogen-bond acceptors (Lipinski definition) is 6. The van der Waals surface area contributed by atoms with Crippen LogP contribution >= 0.6 is 11.3 Å². The largest absolute Gasteiger partial charge is 0.497 e. The van der Waals surface area contributed by atoms with Crippen molar-refractivity contribution in [3.63, 3.8) is 0 Å². The maximum atomic E-state index is 10.8. The molecule has 0 radical (unpaired) electrons. The molecule has 0 aliphatic carbocycles. The predicted octanol–water partition coefficient (Wildman–Crippen LogP) is 3.63. The molecule has 0 amide bonds. The first-order valence-corrected chi connectivity index (χ1v) is 9.81. The van der Waals surface area contributed by atoms with Crippen LogP contribution < -0.4 is 4.74 Å². The van der Waals surface area contributed by atoms with Gasteiger partial charge in [0.1, 0.15) is 11.6 Å². The normalized spacial score (nSPS) is 17.7. The van der Waals surface area contributed by atoms with Gasteiger partial charge in [0.25, 0.3) is 0 Å². The van der Waals surface area contributed by atoms with E-state index in [-0.39, 0.29) is 11.9 Å². The van der Waals surface area contributed by atoms with Crippen molar-refractivity contribution in [3.05, 3.63) is 40.5 Å². The molecule has 138 valence electrons. The number of hydrogen-bond donors (Lipinski definition) is 1. The van der Waals surface area contributed by atoms with Crippen LogP contribution in [-0.4, -0.2) is 44.8 Å². The summed E-state index contributed by atoms with van der Waals surface area (Å²) < 4.78 is 6.86. The Balaban J connectivity index is 1.77. The van der Waals surface area contributed by atoms with Crippen molar-refractivity contribution in [2.24, 2.45) is 5.92 Å². The Morgan fingerprint density at radius 1 is 1.23 bits per heavy atom. The van der Waals surface area contributed by atoms with Crippen LogP contribution in [0, 0.1) is 12.8 Å². The van der Waals surface area contributed by atoms with Crippen molar-refractivity contribution in [2.75, 3.05) is 20.2 Å². The number of aromatic hydroxyl groups is 1. The first-order valence-electron chi connectivity index (χ1n) is 9.00. The molecule has 0 bridgehead atoms. The maximum absolute atomic E-state index is 10.8. The number of rotatable bonds is 4. The van der Waals surface area contributed by atoms with Gasteiger partial charge in [0.2, 0.25) is 10.8 Å². The van der Waals surface area contributed by atoms with Crippen molar-refractivity contribution in [1.82, 2.24) is 19.5 Å². The van der Waals surface area contributed by atoms with Crippen LogP contribution in [0.4, 0.5) is 0 Å². The fraction of sp³-hybridized carbons (Fsp3) is 0.474. The highest BCUT2D eigenvalue weighted by Gasteiger charge is 2.31. The molecule has 0 unspecified atom stereocenters. The van der Waals surface area contributed by atoms with Gasteiger partial charge < -0.3 is 9.84 Å². The lowest BCUT2D eigenvalue weighted by atomic mass is 9.95. The molecule has 1 saturated heterocycles. The van der Waals surface area contributed by atoms with Crippen LogP contribution in [0.5, 0.6) is 11.6 Å². The Morgan fingerprint density at radius 2 is 1.92 bits per heavy atom. The number of likely N-dealkylation sites (tertiary alicyclic amines) is 1. The van der Waals surface area contributed by atoms with Crippen molar-refractivity contribution in [2.45, 2.75) is 32.7 Å². The van der Waals surface area contributed by atoms with Crippen molar-refractivity contribution in [3.8, 4) is 11.6 Å². The number of methoxy groups -OCH3 is 1. The van der Waals surface area contributed by atoms with Crippen molar-refractivity contribution in [1.29, 1.82) is 0 Å². The van der Waals surface area contributed by atoms with Gasteiger partial charge in [0.15, 0.2) is 0 Å². The Morgan fingerprint density at radius 3 is 2.54 bits per heavy atom. The molecule has 3 heterocycles. The summed E-state index contributed by atoms with van der Waals surface area (Å²) in [6.07, 6.45) is 2.35. The summed E-state index contributed by atoms with van der Waals surface area (Å²) in [5, 5.41) is 15.2. The third kappa shape index (κ3) is 3.05. The number of benzene rings is 1. The molecule has 0 spiro atoms. The second-order valence-corrected chi connectivity index (χ2v) is 8.05. The molecule has 4 rings (SSSR count). The molecule has 1 aliphatic rings. The van der Waals surface area contributed by atoms with E-state index in [2.05, 4.69) is 34.0 Å². The second kappa shape index (κ2) is 6.89. The fourth-order valence-corrected chi connectivity index (χ4v) is 4.79. The average Bonchev–Trinajstić information content (AvgIpc) is 3.15. The van der Waals surface area contributed by atoms with Gasteiger partial charge in [-0.05, 0) is 56.5 Å². The fourth-order valence-electron chi connectivity index (χ4n) is 3.63. The molecular weight excluding hydrogens is 348 g/mol. The van der Waals surface area contributed by atoms with E-state index in [4.69, 9.17) is 4.74 Å². The Bertz CT molecular complexity index is 894. The number of aromatic nitrogens is 3. The summed E-state index contributed by atoms with van der Waals surface area (Å²) in [7, 11) is 1.67. The van der Waals surface area contributed by atoms with Gasteiger partial charge in [-0.25, -0.2) is 4.98 Å². The van der Waals surface area contributed by atoms with Crippen LogP contribution in [0.25, 0.3) is 4.96 Å². The zero-order valence-corrected chi connectivity index (χ0v) is 16.2. The standard InChI is InChI=1S/C19H24N4O2S/c1-12-8-10-22(11-9-12)16(14-4-6-15(25-3)7-5-14)17-18(24)23-19(26-17)20-13(2)21-23/h4-7,12,16,24H,8-11H2,1-3H3/t16-/m0/s1. The molecule has 1 N–H and O–H groups in total.